The Bertz CT molecular complexity index is 329. The van der Waals surface area contributed by atoms with Gasteiger partial charge in [0.2, 0.25) is 0 Å². The second kappa shape index (κ2) is 4.45. The Kier molecular flexibility index (Phi) is 3.23. The van der Waals surface area contributed by atoms with Gasteiger partial charge < -0.3 is 0 Å². The van der Waals surface area contributed by atoms with Gasteiger partial charge in [-0.1, -0.05) is 0 Å². The van der Waals surface area contributed by atoms with Crippen LogP contribution >= 0.6 is 23.1 Å². The first-order chi connectivity index (χ1) is 6.75. The summed E-state index contributed by atoms with van der Waals surface area (Å²) in [5.74, 6) is 3.32. The summed E-state index contributed by atoms with van der Waals surface area (Å²) < 4.78 is 0. The third-order valence-corrected chi connectivity index (χ3v) is 4.60. The molecule has 0 aliphatic carbocycles. The lowest BCUT2D eigenvalue weighted by Gasteiger charge is -2.01. The fourth-order valence-electron chi connectivity index (χ4n) is 1.57. The van der Waals surface area contributed by atoms with E-state index in [1.165, 1.54) is 22.9 Å². The van der Waals surface area contributed by atoms with Gasteiger partial charge in [0.25, 0.3) is 0 Å². The molecule has 0 aromatic carbocycles. The third-order valence-electron chi connectivity index (χ3n) is 2.27. The normalized spacial score (nSPS) is 21.4. The van der Waals surface area contributed by atoms with Gasteiger partial charge in [-0.15, -0.1) is 11.3 Å². The SMILES string of the molecule is CC(=O)Cc1cnc(C2CCSC2)s1. The molecule has 2 nitrogen and oxygen atoms in total. The first kappa shape index (κ1) is 10.2. The van der Waals surface area contributed by atoms with E-state index in [1.54, 1.807) is 18.3 Å². The van der Waals surface area contributed by atoms with E-state index >= 15 is 0 Å². The molecule has 1 fully saturated rings. The Morgan fingerprint density at radius 2 is 2.57 bits per heavy atom. The molecular weight excluding hydrogens is 214 g/mol. The van der Waals surface area contributed by atoms with Crippen LogP contribution in [0.5, 0.6) is 0 Å². The van der Waals surface area contributed by atoms with Crippen molar-refractivity contribution in [1.82, 2.24) is 4.98 Å². The fraction of sp³-hybridized carbons (Fsp3) is 0.600. The van der Waals surface area contributed by atoms with Crippen molar-refractivity contribution in [3.8, 4) is 0 Å². The second-order valence-corrected chi connectivity index (χ2v) is 5.90. The number of hydrogen-bond donors (Lipinski definition) is 0. The zero-order valence-electron chi connectivity index (χ0n) is 8.16. The summed E-state index contributed by atoms with van der Waals surface area (Å²) in [6.07, 6.45) is 3.67. The van der Waals surface area contributed by atoms with Crippen molar-refractivity contribution in [1.29, 1.82) is 0 Å². The number of aromatic nitrogens is 1. The van der Waals surface area contributed by atoms with Crippen LogP contribution in [0, 0.1) is 0 Å². The monoisotopic (exact) mass is 227 g/mol. The van der Waals surface area contributed by atoms with E-state index in [0.717, 1.165) is 4.88 Å². The van der Waals surface area contributed by atoms with Crippen molar-refractivity contribution in [2.45, 2.75) is 25.7 Å². The van der Waals surface area contributed by atoms with Crippen LogP contribution in [0.15, 0.2) is 6.20 Å². The maximum absolute atomic E-state index is 10.9. The lowest BCUT2D eigenvalue weighted by atomic mass is 10.1. The molecule has 1 aliphatic heterocycles. The number of ketones is 1. The molecule has 14 heavy (non-hydrogen) atoms. The smallest absolute Gasteiger partial charge is 0.135 e. The molecule has 0 bridgehead atoms. The highest BCUT2D eigenvalue weighted by Gasteiger charge is 2.20. The summed E-state index contributed by atoms with van der Waals surface area (Å²) in [5, 5.41) is 1.23. The summed E-state index contributed by atoms with van der Waals surface area (Å²) in [5.41, 5.74) is 0. The van der Waals surface area contributed by atoms with Crippen LogP contribution in [-0.4, -0.2) is 22.3 Å². The number of carbonyl (C=O) groups is 1. The number of Topliss-reactive ketones (excluding diaryl/α,β-unsaturated/α-hetero) is 1. The Balaban J connectivity index is 2.05. The van der Waals surface area contributed by atoms with Gasteiger partial charge in [0.15, 0.2) is 0 Å². The molecule has 2 rings (SSSR count). The molecular formula is C10H13NOS2. The molecule has 1 aliphatic rings. The van der Waals surface area contributed by atoms with E-state index in [-0.39, 0.29) is 5.78 Å². The average Bonchev–Trinajstić information content (AvgIpc) is 2.69. The molecule has 76 valence electrons. The molecule has 0 spiro atoms. The van der Waals surface area contributed by atoms with Gasteiger partial charge in [0.05, 0.1) is 5.01 Å². The lowest BCUT2D eigenvalue weighted by molar-refractivity contribution is -0.116. The van der Waals surface area contributed by atoms with Crippen molar-refractivity contribution in [3.05, 3.63) is 16.1 Å². The van der Waals surface area contributed by atoms with Crippen molar-refractivity contribution < 1.29 is 4.79 Å². The largest absolute Gasteiger partial charge is 0.300 e. The van der Waals surface area contributed by atoms with Gasteiger partial charge in [0.1, 0.15) is 5.78 Å². The Morgan fingerprint density at radius 3 is 3.21 bits per heavy atom. The minimum absolute atomic E-state index is 0.223. The van der Waals surface area contributed by atoms with E-state index in [9.17, 15) is 4.79 Å². The van der Waals surface area contributed by atoms with E-state index in [4.69, 9.17) is 0 Å². The predicted octanol–water partition coefficient (Wildman–Crippen LogP) is 2.50. The number of hydrogen-bond acceptors (Lipinski definition) is 4. The van der Waals surface area contributed by atoms with Gasteiger partial charge in [-0.05, 0) is 19.1 Å². The summed E-state index contributed by atoms with van der Waals surface area (Å²) >= 11 is 3.71. The standard InChI is InChI=1S/C10H13NOS2/c1-7(12)4-9-5-11-10(14-9)8-2-3-13-6-8/h5,8H,2-4,6H2,1H3. The summed E-state index contributed by atoms with van der Waals surface area (Å²) in [6, 6.07) is 0. The van der Waals surface area contributed by atoms with Crippen LogP contribution in [0.1, 0.15) is 29.1 Å². The summed E-state index contributed by atoms with van der Waals surface area (Å²) in [4.78, 5) is 16.4. The van der Waals surface area contributed by atoms with E-state index < -0.39 is 0 Å². The predicted molar refractivity (Wildman–Crippen MR) is 61.2 cm³/mol. The molecule has 1 aromatic rings. The minimum atomic E-state index is 0.223. The molecule has 4 heteroatoms. The number of carbonyl (C=O) groups excluding carboxylic acids is 1. The zero-order chi connectivity index (χ0) is 9.97. The number of thiazole rings is 1. The van der Waals surface area contributed by atoms with Gasteiger partial charge in [0, 0.05) is 29.2 Å². The van der Waals surface area contributed by atoms with E-state index in [1.807, 2.05) is 18.0 Å². The van der Waals surface area contributed by atoms with Gasteiger partial charge >= 0.3 is 0 Å². The highest BCUT2D eigenvalue weighted by atomic mass is 32.2. The van der Waals surface area contributed by atoms with Crippen molar-refractivity contribution in [3.63, 3.8) is 0 Å². The molecule has 0 N–H and O–H groups in total. The first-order valence-electron chi connectivity index (χ1n) is 4.77. The maximum Gasteiger partial charge on any atom is 0.135 e. The molecule has 0 radical (unpaired) electrons. The van der Waals surface area contributed by atoms with Crippen LogP contribution < -0.4 is 0 Å². The second-order valence-electron chi connectivity index (χ2n) is 3.60. The van der Waals surface area contributed by atoms with Crippen molar-refractivity contribution in [2.24, 2.45) is 0 Å². The molecule has 0 amide bonds. The minimum Gasteiger partial charge on any atom is -0.300 e. The Labute approximate surface area is 92.1 Å². The van der Waals surface area contributed by atoms with Crippen molar-refractivity contribution >= 4 is 28.9 Å². The third kappa shape index (κ3) is 2.36. The van der Waals surface area contributed by atoms with Gasteiger partial charge in [-0.25, -0.2) is 4.98 Å². The lowest BCUT2D eigenvalue weighted by Crippen LogP contribution is -1.94. The van der Waals surface area contributed by atoms with Crippen LogP contribution in [0.2, 0.25) is 0 Å². The quantitative estimate of drug-likeness (QED) is 0.794. The highest BCUT2D eigenvalue weighted by Crippen LogP contribution is 2.34. The molecule has 1 aromatic heterocycles. The average molecular weight is 227 g/mol. The topological polar surface area (TPSA) is 30.0 Å². The molecule has 0 saturated carbocycles. The van der Waals surface area contributed by atoms with Crippen LogP contribution in [0.3, 0.4) is 0 Å². The summed E-state index contributed by atoms with van der Waals surface area (Å²) in [6.45, 7) is 1.63. The molecule has 1 saturated heterocycles. The number of thioether (sulfide) groups is 1. The number of rotatable bonds is 3. The van der Waals surface area contributed by atoms with Gasteiger partial charge in [-0.3, -0.25) is 4.79 Å². The molecule has 2 heterocycles. The maximum atomic E-state index is 10.9. The fourth-order valence-corrected chi connectivity index (χ4v) is 4.02. The van der Waals surface area contributed by atoms with Crippen molar-refractivity contribution in [2.75, 3.05) is 11.5 Å². The highest BCUT2D eigenvalue weighted by molar-refractivity contribution is 7.99. The molecule has 1 unspecified atom stereocenters. The van der Waals surface area contributed by atoms with Crippen LogP contribution in [-0.2, 0) is 11.2 Å². The van der Waals surface area contributed by atoms with E-state index in [2.05, 4.69) is 4.98 Å². The Hall–Kier alpha value is -0.350. The van der Waals surface area contributed by atoms with Crippen LogP contribution in [0.4, 0.5) is 0 Å². The zero-order valence-corrected chi connectivity index (χ0v) is 9.79. The molecule has 1 atom stereocenters. The Morgan fingerprint density at radius 1 is 1.71 bits per heavy atom. The van der Waals surface area contributed by atoms with Crippen LogP contribution in [0.25, 0.3) is 0 Å². The number of nitrogens with zero attached hydrogens (tertiary/aromatic N) is 1. The summed E-state index contributed by atoms with van der Waals surface area (Å²) in [7, 11) is 0. The van der Waals surface area contributed by atoms with E-state index in [0.29, 0.717) is 12.3 Å². The first-order valence-corrected chi connectivity index (χ1v) is 6.74. The van der Waals surface area contributed by atoms with Gasteiger partial charge in [-0.2, -0.15) is 11.8 Å².